The molecule has 1 aliphatic rings. The van der Waals surface area contributed by atoms with Crippen LogP contribution in [0.2, 0.25) is 0 Å². The van der Waals surface area contributed by atoms with E-state index in [4.69, 9.17) is 9.47 Å². The van der Waals surface area contributed by atoms with Crippen LogP contribution in [0.15, 0.2) is 0 Å². The van der Waals surface area contributed by atoms with Crippen molar-refractivity contribution in [3.05, 3.63) is 5.82 Å². The minimum absolute atomic E-state index is 0.0465. The molecule has 1 aromatic rings. The number of nitrogens with zero attached hydrogens (tertiary/aromatic N) is 4. The third-order valence-electron chi connectivity index (χ3n) is 4.14. The van der Waals surface area contributed by atoms with E-state index in [1.54, 1.807) is 7.05 Å². The number of tetrazole rings is 1. The fourth-order valence-electron chi connectivity index (χ4n) is 3.13. The molecule has 8 nitrogen and oxygen atoms in total. The lowest BCUT2D eigenvalue weighted by Gasteiger charge is -2.32. The van der Waals surface area contributed by atoms with Crippen LogP contribution in [0.5, 0.6) is 0 Å². The van der Waals surface area contributed by atoms with Crippen molar-refractivity contribution in [2.75, 3.05) is 14.2 Å². The normalized spacial score (nSPS) is 16.0. The molecule has 1 saturated carbocycles. The molecule has 0 bridgehead atoms. The highest BCUT2D eigenvalue weighted by molar-refractivity contribution is 6.00. The van der Waals surface area contributed by atoms with Crippen molar-refractivity contribution < 1.29 is 19.1 Å². The highest BCUT2D eigenvalue weighted by Crippen LogP contribution is 2.43. The maximum atomic E-state index is 12.4. The van der Waals surface area contributed by atoms with Gasteiger partial charge in [0.1, 0.15) is 0 Å². The Kier molecular flexibility index (Phi) is 4.54. The van der Waals surface area contributed by atoms with Crippen LogP contribution >= 0.6 is 0 Å². The predicted octanol–water partition coefficient (Wildman–Crippen LogP) is 0.275. The van der Waals surface area contributed by atoms with Crippen LogP contribution in [0, 0.1) is 11.3 Å². The molecule has 0 atom stereocenters. The van der Waals surface area contributed by atoms with E-state index >= 15 is 0 Å². The van der Waals surface area contributed by atoms with E-state index in [0.29, 0.717) is 5.82 Å². The maximum Gasteiger partial charge on any atom is 0.323 e. The molecule has 1 aliphatic carbocycles. The number of aryl methyl sites for hydroxylation is 1. The van der Waals surface area contributed by atoms with E-state index in [-0.39, 0.29) is 12.3 Å². The molecular formula is C13H20N4O4. The van der Waals surface area contributed by atoms with Gasteiger partial charge in [0.15, 0.2) is 11.2 Å². The van der Waals surface area contributed by atoms with Gasteiger partial charge in [-0.15, -0.1) is 10.2 Å². The molecule has 1 heterocycles. The number of carbonyl (C=O) groups is 2. The van der Waals surface area contributed by atoms with Crippen molar-refractivity contribution in [1.82, 2.24) is 20.2 Å². The van der Waals surface area contributed by atoms with Gasteiger partial charge < -0.3 is 9.47 Å². The molecule has 0 aromatic carbocycles. The zero-order chi connectivity index (χ0) is 15.5. The van der Waals surface area contributed by atoms with E-state index in [1.165, 1.54) is 19.0 Å². The van der Waals surface area contributed by atoms with Crippen LogP contribution in [0.25, 0.3) is 0 Å². The van der Waals surface area contributed by atoms with Crippen LogP contribution in [0.4, 0.5) is 0 Å². The summed E-state index contributed by atoms with van der Waals surface area (Å²) in [5, 5.41) is 11.7. The molecule has 0 N–H and O–H groups in total. The average Bonchev–Trinajstić information content (AvgIpc) is 3.14. The second kappa shape index (κ2) is 6.19. The molecular weight excluding hydrogens is 276 g/mol. The maximum absolute atomic E-state index is 12.4. The zero-order valence-electron chi connectivity index (χ0n) is 12.5. The van der Waals surface area contributed by atoms with E-state index in [1.807, 2.05) is 0 Å². The number of ether oxygens (including phenoxy) is 2. The van der Waals surface area contributed by atoms with Gasteiger partial charge in [-0.1, -0.05) is 12.8 Å². The summed E-state index contributed by atoms with van der Waals surface area (Å²) in [5.41, 5.74) is -1.39. The molecule has 0 aliphatic heterocycles. The average molecular weight is 296 g/mol. The Hall–Kier alpha value is -1.99. The van der Waals surface area contributed by atoms with Gasteiger partial charge in [0.05, 0.1) is 21.3 Å². The topological polar surface area (TPSA) is 96.2 Å². The Bertz CT molecular complexity index is 506. The standard InChI is InChI=1S/C13H20N4O4/c1-17-15-10(14-16-17)8-13(11(18)20-2,12(19)21-3)9-6-4-5-7-9/h9H,4-8H2,1-3H3. The van der Waals surface area contributed by atoms with Crippen molar-refractivity contribution in [1.29, 1.82) is 0 Å². The first-order chi connectivity index (χ1) is 10.0. The second-order valence-electron chi connectivity index (χ2n) is 5.31. The highest BCUT2D eigenvalue weighted by Gasteiger charge is 2.55. The van der Waals surface area contributed by atoms with Crippen LogP contribution < -0.4 is 0 Å². The fourth-order valence-corrected chi connectivity index (χ4v) is 3.13. The summed E-state index contributed by atoms with van der Waals surface area (Å²) in [6.07, 6.45) is 3.57. The van der Waals surface area contributed by atoms with Crippen LogP contribution in [0.1, 0.15) is 31.5 Å². The van der Waals surface area contributed by atoms with Gasteiger partial charge in [0.25, 0.3) is 0 Å². The quantitative estimate of drug-likeness (QED) is 0.568. The van der Waals surface area contributed by atoms with Gasteiger partial charge in [0, 0.05) is 6.42 Å². The number of esters is 2. The van der Waals surface area contributed by atoms with E-state index in [0.717, 1.165) is 25.7 Å². The molecule has 1 fully saturated rings. The number of carbonyl (C=O) groups excluding carboxylic acids is 2. The predicted molar refractivity (Wildman–Crippen MR) is 70.9 cm³/mol. The number of hydrogen-bond acceptors (Lipinski definition) is 7. The molecule has 0 spiro atoms. The Morgan fingerprint density at radius 1 is 1.24 bits per heavy atom. The second-order valence-corrected chi connectivity index (χ2v) is 5.31. The molecule has 0 saturated heterocycles. The summed E-state index contributed by atoms with van der Waals surface area (Å²) in [6, 6.07) is 0. The minimum Gasteiger partial charge on any atom is -0.468 e. The highest BCUT2D eigenvalue weighted by atomic mass is 16.5. The number of aromatic nitrogens is 4. The lowest BCUT2D eigenvalue weighted by atomic mass is 9.71. The smallest absolute Gasteiger partial charge is 0.323 e. The summed E-state index contributed by atoms with van der Waals surface area (Å²) < 4.78 is 9.82. The van der Waals surface area contributed by atoms with E-state index in [9.17, 15) is 9.59 Å². The summed E-state index contributed by atoms with van der Waals surface area (Å²) in [6.45, 7) is 0. The molecule has 0 radical (unpaired) electrons. The fraction of sp³-hybridized carbons (Fsp3) is 0.769. The van der Waals surface area contributed by atoms with Gasteiger partial charge in [0.2, 0.25) is 0 Å². The van der Waals surface area contributed by atoms with Gasteiger partial charge in [-0.3, -0.25) is 9.59 Å². The minimum atomic E-state index is -1.39. The molecule has 116 valence electrons. The molecule has 0 unspecified atom stereocenters. The van der Waals surface area contributed by atoms with Gasteiger partial charge in [-0.2, -0.15) is 4.80 Å². The molecule has 21 heavy (non-hydrogen) atoms. The van der Waals surface area contributed by atoms with Crippen molar-refractivity contribution in [2.24, 2.45) is 18.4 Å². The largest absolute Gasteiger partial charge is 0.468 e. The SMILES string of the molecule is COC(=O)C(Cc1nnn(C)n1)(C(=O)OC)C1CCCC1. The zero-order valence-corrected chi connectivity index (χ0v) is 12.5. The molecule has 1 aromatic heterocycles. The van der Waals surface area contributed by atoms with Gasteiger partial charge in [-0.25, -0.2) is 0 Å². The Balaban J connectivity index is 2.43. The van der Waals surface area contributed by atoms with Crippen LogP contribution in [0.3, 0.4) is 0 Å². The van der Waals surface area contributed by atoms with Crippen LogP contribution in [-0.2, 0) is 32.5 Å². The van der Waals surface area contributed by atoms with Crippen molar-refractivity contribution in [3.63, 3.8) is 0 Å². The number of rotatable bonds is 5. The van der Waals surface area contributed by atoms with Crippen LogP contribution in [-0.4, -0.2) is 46.4 Å². The molecule has 2 rings (SSSR count). The van der Waals surface area contributed by atoms with E-state index in [2.05, 4.69) is 15.4 Å². The Labute approximate surface area is 122 Å². The lowest BCUT2D eigenvalue weighted by Crippen LogP contribution is -2.48. The first-order valence-electron chi connectivity index (χ1n) is 6.94. The Morgan fingerprint density at radius 3 is 2.24 bits per heavy atom. The summed E-state index contributed by atoms with van der Waals surface area (Å²) >= 11 is 0. The monoisotopic (exact) mass is 296 g/mol. The summed E-state index contributed by atoms with van der Waals surface area (Å²) in [4.78, 5) is 26.1. The lowest BCUT2D eigenvalue weighted by molar-refractivity contribution is -0.174. The Morgan fingerprint density at radius 2 is 1.81 bits per heavy atom. The summed E-state index contributed by atoms with van der Waals surface area (Å²) in [7, 11) is 4.18. The van der Waals surface area contributed by atoms with Crippen molar-refractivity contribution in [2.45, 2.75) is 32.1 Å². The summed E-state index contributed by atoms with van der Waals surface area (Å²) in [5.74, 6) is -0.969. The first kappa shape index (κ1) is 15.4. The first-order valence-corrected chi connectivity index (χ1v) is 6.94. The van der Waals surface area contributed by atoms with Gasteiger partial charge >= 0.3 is 11.9 Å². The number of methoxy groups -OCH3 is 2. The third-order valence-corrected chi connectivity index (χ3v) is 4.14. The van der Waals surface area contributed by atoms with Gasteiger partial charge in [-0.05, 0) is 24.0 Å². The number of hydrogen-bond donors (Lipinski definition) is 0. The third kappa shape index (κ3) is 2.74. The van der Waals surface area contributed by atoms with E-state index < -0.39 is 17.4 Å². The van der Waals surface area contributed by atoms with Crippen molar-refractivity contribution in [3.8, 4) is 0 Å². The van der Waals surface area contributed by atoms with Crippen molar-refractivity contribution >= 4 is 11.9 Å². The molecule has 8 heteroatoms. The molecule has 0 amide bonds.